The minimum absolute atomic E-state index is 0.0731. The number of hydrogen-bond acceptors (Lipinski definition) is 4. The molecule has 0 aliphatic carbocycles. The van der Waals surface area contributed by atoms with Gasteiger partial charge in [0, 0.05) is 17.8 Å². The van der Waals surface area contributed by atoms with Crippen LogP contribution in [-0.4, -0.2) is 11.0 Å². The molecule has 1 aromatic heterocycles. The van der Waals surface area contributed by atoms with Crippen molar-refractivity contribution in [3.63, 3.8) is 0 Å². The van der Waals surface area contributed by atoms with Crippen molar-refractivity contribution in [2.45, 2.75) is 6.54 Å². The van der Waals surface area contributed by atoms with Crippen LogP contribution in [0.1, 0.15) is 15.9 Å². The van der Waals surface area contributed by atoms with Crippen LogP contribution in [0.3, 0.4) is 0 Å². The SMILES string of the molecule is Nc1ccc(O)c(CNC(=O)c2cc(Cl)sc2Cl)c1. The molecule has 100 valence electrons. The highest BCUT2D eigenvalue weighted by atomic mass is 35.5. The molecule has 0 unspecified atom stereocenters. The molecule has 1 heterocycles. The predicted octanol–water partition coefficient (Wildman–Crippen LogP) is 3.27. The summed E-state index contributed by atoms with van der Waals surface area (Å²) in [5, 5.41) is 12.3. The van der Waals surface area contributed by atoms with Crippen LogP contribution in [0.15, 0.2) is 24.3 Å². The van der Waals surface area contributed by atoms with Crippen molar-refractivity contribution in [1.29, 1.82) is 0 Å². The van der Waals surface area contributed by atoms with Gasteiger partial charge in [-0.05, 0) is 24.3 Å². The molecule has 4 nitrogen and oxygen atoms in total. The molecule has 0 bridgehead atoms. The maximum absolute atomic E-state index is 11.9. The lowest BCUT2D eigenvalue weighted by Gasteiger charge is -2.07. The fourth-order valence-electron chi connectivity index (χ4n) is 1.51. The van der Waals surface area contributed by atoms with E-state index in [-0.39, 0.29) is 18.2 Å². The molecular formula is C12H10Cl2N2O2S. The van der Waals surface area contributed by atoms with E-state index < -0.39 is 0 Å². The van der Waals surface area contributed by atoms with E-state index in [9.17, 15) is 9.90 Å². The van der Waals surface area contributed by atoms with E-state index >= 15 is 0 Å². The average Bonchev–Trinajstić information content (AvgIpc) is 2.69. The van der Waals surface area contributed by atoms with E-state index in [1.807, 2.05) is 0 Å². The number of amides is 1. The first-order chi connectivity index (χ1) is 8.97. The van der Waals surface area contributed by atoms with Crippen molar-refractivity contribution in [2.24, 2.45) is 0 Å². The molecule has 0 fully saturated rings. The highest BCUT2D eigenvalue weighted by molar-refractivity contribution is 7.20. The number of benzene rings is 1. The van der Waals surface area contributed by atoms with E-state index in [0.29, 0.717) is 25.5 Å². The zero-order chi connectivity index (χ0) is 14.0. The van der Waals surface area contributed by atoms with Gasteiger partial charge in [0.25, 0.3) is 5.91 Å². The minimum Gasteiger partial charge on any atom is -0.508 e. The van der Waals surface area contributed by atoms with Crippen molar-refractivity contribution in [1.82, 2.24) is 5.32 Å². The summed E-state index contributed by atoms with van der Waals surface area (Å²) in [5.41, 5.74) is 6.98. The van der Waals surface area contributed by atoms with Gasteiger partial charge in [-0.15, -0.1) is 11.3 Å². The molecule has 7 heteroatoms. The third-order valence-electron chi connectivity index (χ3n) is 2.44. The number of carbonyl (C=O) groups is 1. The van der Waals surface area contributed by atoms with Crippen molar-refractivity contribution < 1.29 is 9.90 Å². The van der Waals surface area contributed by atoms with Gasteiger partial charge in [0.05, 0.1) is 9.90 Å². The number of rotatable bonds is 3. The third-order valence-corrected chi connectivity index (χ3v) is 3.93. The van der Waals surface area contributed by atoms with Crippen LogP contribution in [0.2, 0.25) is 8.67 Å². The number of phenols is 1. The second-order valence-corrected chi connectivity index (χ2v) is 6.09. The lowest BCUT2D eigenvalue weighted by atomic mass is 10.1. The number of thiophene rings is 1. The number of nitrogens with two attached hydrogens (primary N) is 1. The highest BCUT2D eigenvalue weighted by Crippen LogP contribution is 2.31. The highest BCUT2D eigenvalue weighted by Gasteiger charge is 2.14. The molecule has 1 amide bonds. The average molecular weight is 317 g/mol. The number of halogens is 2. The van der Waals surface area contributed by atoms with Gasteiger partial charge in [-0.2, -0.15) is 0 Å². The van der Waals surface area contributed by atoms with E-state index in [4.69, 9.17) is 28.9 Å². The van der Waals surface area contributed by atoms with Gasteiger partial charge < -0.3 is 16.2 Å². The number of phenolic OH excluding ortho intramolecular Hbond substituents is 1. The molecule has 0 atom stereocenters. The molecule has 0 radical (unpaired) electrons. The molecule has 0 aliphatic heterocycles. The smallest absolute Gasteiger partial charge is 0.253 e. The van der Waals surface area contributed by atoms with Gasteiger partial charge in [-0.1, -0.05) is 23.2 Å². The molecule has 0 saturated heterocycles. The molecule has 2 rings (SSSR count). The van der Waals surface area contributed by atoms with E-state index in [1.165, 1.54) is 12.1 Å². The van der Waals surface area contributed by atoms with Crippen LogP contribution in [0.4, 0.5) is 5.69 Å². The van der Waals surface area contributed by atoms with Crippen LogP contribution in [-0.2, 0) is 6.54 Å². The fraction of sp³-hybridized carbons (Fsp3) is 0.0833. The first-order valence-corrected chi connectivity index (χ1v) is 6.85. The molecular weight excluding hydrogens is 307 g/mol. The maximum Gasteiger partial charge on any atom is 0.253 e. The monoisotopic (exact) mass is 316 g/mol. The summed E-state index contributed by atoms with van der Waals surface area (Å²) in [6, 6.07) is 6.16. The fourth-order valence-corrected chi connectivity index (χ4v) is 2.97. The van der Waals surface area contributed by atoms with E-state index in [2.05, 4.69) is 5.32 Å². The number of nitrogens with one attached hydrogen (secondary N) is 1. The second kappa shape index (κ2) is 5.69. The molecule has 0 aliphatic rings. The first-order valence-electron chi connectivity index (χ1n) is 5.28. The van der Waals surface area contributed by atoms with Crippen molar-refractivity contribution in [2.75, 3.05) is 5.73 Å². The first kappa shape index (κ1) is 14.0. The lowest BCUT2D eigenvalue weighted by Crippen LogP contribution is -2.22. The standard InChI is InChI=1S/C12H10Cl2N2O2S/c13-10-4-8(11(14)19-10)12(18)16-5-6-3-7(15)1-2-9(6)17/h1-4,17H,5,15H2,(H,16,18). The van der Waals surface area contributed by atoms with Crippen LogP contribution in [0.25, 0.3) is 0 Å². The van der Waals surface area contributed by atoms with E-state index in [1.54, 1.807) is 12.1 Å². The number of carbonyl (C=O) groups excluding carboxylic acids is 1. The van der Waals surface area contributed by atoms with Gasteiger partial charge in [0.15, 0.2) is 0 Å². The van der Waals surface area contributed by atoms with Crippen LogP contribution < -0.4 is 11.1 Å². The van der Waals surface area contributed by atoms with Gasteiger partial charge in [-0.25, -0.2) is 0 Å². The van der Waals surface area contributed by atoms with Crippen LogP contribution >= 0.6 is 34.5 Å². The van der Waals surface area contributed by atoms with E-state index in [0.717, 1.165) is 11.3 Å². The van der Waals surface area contributed by atoms with Crippen LogP contribution in [0, 0.1) is 0 Å². The Morgan fingerprint density at radius 2 is 2.11 bits per heavy atom. The van der Waals surface area contributed by atoms with Gasteiger partial charge >= 0.3 is 0 Å². The summed E-state index contributed by atoms with van der Waals surface area (Å²) < 4.78 is 0.779. The number of anilines is 1. The number of hydrogen-bond donors (Lipinski definition) is 3. The number of nitrogen functional groups attached to an aromatic ring is 1. The Balaban J connectivity index is 2.08. The van der Waals surface area contributed by atoms with Gasteiger partial charge in [-0.3, -0.25) is 4.79 Å². The number of aromatic hydroxyl groups is 1. The predicted molar refractivity (Wildman–Crippen MR) is 78.0 cm³/mol. The normalized spacial score (nSPS) is 10.4. The molecule has 4 N–H and O–H groups in total. The molecule has 2 aromatic rings. The second-order valence-electron chi connectivity index (χ2n) is 3.81. The lowest BCUT2D eigenvalue weighted by molar-refractivity contribution is 0.0951. The van der Waals surface area contributed by atoms with Crippen molar-refractivity contribution in [3.05, 3.63) is 44.1 Å². The Morgan fingerprint density at radius 1 is 1.37 bits per heavy atom. The Bertz CT molecular complexity index is 628. The van der Waals surface area contributed by atoms with Crippen LogP contribution in [0.5, 0.6) is 5.75 Å². The molecule has 0 spiro atoms. The summed E-state index contributed by atoms with van der Waals surface area (Å²) in [7, 11) is 0. The summed E-state index contributed by atoms with van der Waals surface area (Å²) >= 11 is 12.8. The topological polar surface area (TPSA) is 75.3 Å². The molecule has 1 aromatic carbocycles. The quantitative estimate of drug-likeness (QED) is 0.601. The molecule has 0 saturated carbocycles. The summed E-state index contributed by atoms with van der Waals surface area (Å²) in [4.78, 5) is 11.9. The third kappa shape index (κ3) is 3.32. The Morgan fingerprint density at radius 3 is 2.74 bits per heavy atom. The Kier molecular flexibility index (Phi) is 4.19. The Labute approximate surface area is 123 Å². The largest absolute Gasteiger partial charge is 0.508 e. The maximum atomic E-state index is 11.9. The Hall–Kier alpha value is -1.43. The zero-order valence-corrected chi connectivity index (χ0v) is 11.9. The summed E-state index contributed by atoms with van der Waals surface area (Å²) in [6.07, 6.45) is 0. The van der Waals surface area contributed by atoms with Gasteiger partial charge in [0.1, 0.15) is 10.1 Å². The summed E-state index contributed by atoms with van der Waals surface area (Å²) in [5.74, 6) is -0.279. The minimum atomic E-state index is -0.352. The van der Waals surface area contributed by atoms with Crippen molar-refractivity contribution >= 4 is 46.1 Å². The zero-order valence-electron chi connectivity index (χ0n) is 9.61. The molecule has 19 heavy (non-hydrogen) atoms. The summed E-state index contributed by atoms with van der Waals surface area (Å²) in [6.45, 7) is 0.152. The van der Waals surface area contributed by atoms with Crippen molar-refractivity contribution in [3.8, 4) is 5.75 Å². The van der Waals surface area contributed by atoms with Gasteiger partial charge in [0.2, 0.25) is 0 Å².